The molecule has 0 aliphatic carbocycles. The lowest BCUT2D eigenvalue weighted by molar-refractivity contribution is 0.129. The molecule has 0 aliphatic rings. The monoisotopic (exact) mass is 290 g/mol. The zero-order valence-corrected chi connectivity index (χ0v) is 12.3. The van der Waals surface area contributed by atoms with E-state index >= 15 is 0 Å². The quantitative estimate of drug-likeness (QED) is 0.654. The van der Waals surface area contributed by atoms with Crippen LogP contribution in [0, 0.1) is 0 Å². The Morgan fingerprint density at radius 1 is 1.33 bits per heavy atom. The van der Waals surface area contributed by atoms with Crippen LogP contribution in [0.25, 0.3) is 11.0 Å². The fourth-order valence-corrected chi connectivity index (χ4v) is 1.91. The van der Waals surface area contributed by atoms with E-state index in [0.29, 0.717) is 13.2 Å². The van der Waals surface area contributed by atoms with Gasteiger partial charge in [-0.3, -0.25) is 0 Å². The van der Waals surface area contributed by atoms with Gasteiger partial charge in [-0.25, -0.2) is 9.78 Å². The van der Waals surface area contributed by atoms with E-state index in [1.165, 1.54) is 0 Å². The van der Waals surface area contributed by atoms with Crippen molar-refractivity contribution in [2.45, 2.75) is 26.2 Å². The summed E-state index contributed by atoms with van der Waals surface area (Å²) < 4.78 is 5.43. The Kier molecular flexibility index (Phi) is 6.02. The van der Waals surface area contributed by atoms with Gasteiger partial charge in [0.05, 0.1) is 17.4 Å². The molecule has 0 saturated heterocycles. The minimum atomic E-state index is -0.206. The molecule has 0 radical (unpaired) electrons. The van der Waals surface area contributed by atoms with Gasteiger partial charge < -0.3 is 20.4 Å². The van der Waals surface area contributed by atoms with Crippen LogP contribution in [0.1, 0.15) is 26.2 Å². The summed E-state index contributed by atoms with van der Waals surface area (Å²) in [5, 5.41) is 5.60. The number of H-pyrrole nitrogens is 1. The minimum absolute atomic E-state index is 0.206. The van der Waals surface area contributed by atoms with Gasteiger partial charge in [0.15, 0.2) is 0 Å². The Labute approximate surface area is 124 Å². The summed E-state index contributed by atoms with van der Waals surface area (Å²) >= 11 is 0. The Bertz CT molecular complexity index is 568. The van der Waals surface area contributed by atoms with E-state index in [-0.39, 0.29) is 6.03 Å². The SMILES string of the molecule is CCCCOCCCNC(=O)Nc1ccc2nc[nH]c2c1. The van der Waals surface area contributed by atoms with E-state index in [1.54, 1.807) is 6.33 Å². The minimum Gasteiger partial charge on any atom is -0.381 e. The van der Waals surface area contributed by atoms with Gasteiger partial charge in [-0.05, 0) is 31.0 Å². The van der Waals surface area contributed by atoms with Crippen LogP contribution in [0.3, 0.4) is 0 Å². The van der Waals surface area contributed by atoms with Crippen LogP contribution in [0.2, 0.25) is 0 Å². The molecular formula is C15H22N4O2. The predicted molar refractivity (Wildman–Crippen MR) is 83.5 cm³/mol. The molecule has 0 unspecified atom stereocenters. The van der Waals surface area contributed by atoms with E-state index in [1.807, 2.05) is 18.2 Å². The second kappa shape index (κ2) is 8.26. The first-order valence-electron chi connectivity index (χ1n) is 7.35. The molecule has 2 aromatic rings. The van der Waals surface area contributed by atoms with Crippen molar-refractivity contribution in [2.24, 2.45) is 0 Å². The van der Waals surface area contributed by atoms with Crippen LogP contribution < -0.4 is 10.6 Å². The molecule has 1 aromatic heterocycles. The fraction of sp³-hybridized carbons (Fsp3) is 0.467. The number of aromatic nitrogens is 2. The Hall–Kier alpha value is -2.08. The van der Waals surface area contributed by atoms with E-state index in [9.17, 15) is 4.79 Å². The number of aromatic amines is 1. The number of imidazole rings is 1. The maximum absolute atomic E-state index is 11.7. The number of anilines is 1. The van der Waals surface area contributed by atoms with Crippen molar-refractivity contribution in [1.29, 1.82) is 0 Å². The van der Waals surface area contributed by atoms with Gasteiger partial charge in [-0.15, -0.1) is 0 Å². The molecule has 0 spiro atoms. The third-order valence-corrected chi connectivity index (χ3v) is 3.07. The third kappa shape index (κ3) is 5.07. The van der Waals surface area contributed by atoms with Crippen LogP contribution in [-0.2, 0) is 4.74 Å². The fourth-order valence-electron chi connectivity index (χ4n) is 1.91. The molecule has 114 valence electrons. The van der Waals surface area contributed by atoms with Crippen molar-refractivity contribution in [1.82, 2.24) is 15.3 Å². The maximum Gasteiger partial charge on any atom is 0.319 e. The number of unbranched alkanes of at least 4 members (excludes halogenated alkanes) is 1. The maximum atomic E-state index is 11.7. The molecule has 21 heavy (non-hydrogen) atoms. The largest absolute Gasteiger partial charge is 0.381 e. The molecule has 0 aliphatic heterocycles. The average Bonchev–Trinajstić information content (AvgIpc) is 2.94. The molecule has 6 heteroatoms. The zero-order chi connectivity index (χ0) is 14.9. The number of nitrogens with one attached hydrogen (secondary N) is 3. The summed E-state index contributed by atoms with van der Waals surface area (Å²) in [7, 11) is 0. The number of fused-ring (bicyclic) bond motifs is 1. The molecule has 6 nitrogen and oxygen atoms in total. The molecule has 3 N–H and O–H groups in total. The zero-order valence-electron chi connectivity index (χ0n) is 12.3. The summed E-state index contributed by atoms with van der Waals surface area (Å²) in [5.41, 5.74) is 2.52. The van der Waals surface area contributed by atoms with E-state index in [2.05, 4.69) is 27.5 Å². The highest BCUT2D eigenvalue weighted by Crippen LogP contribution is 2.15. The molecule has 1 heterocycles. The third-order valence-electron chi connectivity index (χ3n) is 3.07. The Morgan fingerprint density at radius 2 is 2.19 bits per heavy atom. The molecule has 0 saturated carbocycles. The number of hydrogen-bond acceptors (Lipinski definition) is 3. The van der Waals surface area contributed by atoms with Gasteiger partial charge in [0, 0.05) is 25.4 Å². The second-order valence-corrected chi connectivity index (χ2v) is 4.83. The summed E-state index contributed by atoms with van der Waals surface area (Å²) in [6.45, 7) is 4.22. The van der Waals surface area contributed by atoms with Crippen molar-refractivity contribution in [3.05, 3.63) is 24.5 Å². The van der Waals surface area contributed by atoms with Gasteiger partial charge >= 0.3 is 6.03 Å². The predicted octanol–water partition coefficient (Wildman–Crippen LogP) is 2.89. The van der Waals surface area contributed by atoms with Gasteiger partial charge in [-0.1, -0.05) is 13.3 Å². The highest BCUT2D eigenvalue weighted by atomic mass is 16.5. The molecular weight excluding hydrogens is 268 g/mol. The van der Waals surface area contributed by atoms with Crippen molar-refractivity contribution < 1.29 is 9.53 Å². The smallest absolute Gasteiger partial charge is 0.319 e. The van der Waals surface area contributed by atoms with E-state index in [0.717, 1.165) is 42.6 Å². The van der Waals surface area contributed by atoms with Crippen molar-refractivity contribution >= 4 is 22.8 Å². The molecule has 2 amide bonds. The summed E-state index contributed by atoms with van der Waals surface area (Å²) in [6.07, 6.45) is 4.68. The summed E-state index contributed by atoms with van der Waals surface area (Å²) in [5.74, 6) is 0. The summed E-state index contributed by atoms with van der Waals surface area (Å²) in [6, 6.07) is 5.34. The lowest BCUT2D eigenvalue weighted by Crippen LogP contribution is -2.30. The Morgan fingerprint density at radius 3 is 3.05 bits per heavy atom. The number of urea groups is 1. The number of carbonyl (C=O) groups is 1. The first kappa shape index (κ1) is 15.3. The highest BCUT2D eigenvalue weighted by molar-refractivity contribution is 5.91. The first-order chi connectivity index (χ1) is 10.3. The number of benzene rings is 1. The average molecular weight is 290 g/mol. The molecule has 0 bridgehead atoms. The van der Waals surface area contributed by atoms with Gasteiger partial charge in [-0.2, -0.15) is 0 Å². The van der Waals surface area contributed by atoms with Crippen LogP contribution in [0.15, 0.2) is 24.5 Å². The lowest BCUT2D eigenvalue weighted by atomic mass is 10.3. The number of ether oxygens (including phenoxy) is 1. The van der Waals surface area contributed by atoms with Crippen molar-refractivity contribution in [2.75, 3.05) is 25.1 Å². The number of amides is 2. The van der Waals surface area contributed by atoms with E-state index in [4.69, 9.17) is 4.74 Å². The van der Waals surface area contributed by atoms with Gasteiger partial charge in [0.2, 0.25) is 0 Å². The van der Waals surface area contributed by atoms with Gasteiger partial charge in [0.25, 0.3) is 0 Å². The van der Waals surface area contributed by atoms with Crippen LogP contribution in [0.5, 0.6) is 0 Å². The van der Waals surface area contributed by atoms with Crippen molar-refractivity contribution in [3.8, 4) is 0 Å². The number of hydrogen-bond donors (Lipinski definition) is 3. The standard InChI is InChI=1S/C15H22N4O2/c1-2-3-8-21-9-4-7-16-15(20)19-12-5-6-13-14(10-12)18-11-17-13/h5-6,10-11H,2-4,7-9H2,1H3,(H,17,18)(H2,16,19,20). The van der Waals surface area contributed by atoms with Crippen LogP contribution in [-0.4, -0.2) is 35.8 Å². The molecule has 1 aromatic carbocycles. The van der Waals surface area contributed by atoms with Gasteiger partial charge in [0.1, 0.15) is 0 Å². The van der Waals surface area contributed by atoms with Crippen LogP contribution >= 0.6 is 0 Å². The second-order valence-electron chi connectivity index (χ2n) is 4.83. The number of carbonyl (C=O) groups excluding carboxylic acids is 1. The topological polar surface area (TPSA) is 79.0 Å². The number of rotatable bonds is 8. The first-order valence-corrected chi connectivity index (χ1v) is 7.35. The molecule has 0 atom stereocenters. The lowest BCUT2D eigenvalue weighted by Gasteiger charge is -2.08. The Balaban J connectivity index is 1.65. The number of nitrogens with zero attached hydrogens (tertiary/aromatic N) is 1. The molecule has 0 fully saturated rings. The summed E-state index contributed by atoms with van der Waals surface area (Å²) in [4.78, 5) is 18.9. The highest BCUT2D eigenvalue weighted by Gasteiger charge is 2.03. The van der Waals surface area contributed by atoms with Crippen LogP contribution in [0.4, 0.5) is 10.5 Å². The molecule has 2 rings (SSSR count). The van der Waals surface area contributed by atoms with E-state index < -0.39 is 0 Å². The normalized spacial score (nSPS) is 10.7. The van der Waals surface area contributed by atoms with Crippen molar-refractivity contribution in [3.63, 3.8) is 0 Å².